The van der Waals surface area contributed by atoms with Crippen LogP contribution in [0.2, 0.25) is 0 Å². The van der Waals surface area contributed by atoms with Crippen LogP contribution in [0, 0.1) is 0 Å². The average molecular weight is 379 g/mol. The lowest BCUT2D eigenvalue weighted by Gasteiger charge is -2.20. The van der Waals surface area contributed by atoms with Gasteiger partial charge in [-0.25, -0.2) is 0 Å². The molecule has 1 amide bonds. The van der Waals surface area contributed by atoms with E-state index in [0.717, 1.165) is 34.2 Å². The third kappa shape index (κ3) is 4.61. The number of para-hydroxylation sites is 2. The average Bonchev–Trinajstić information content (AvgIpc) is 2.70. The molecule has 0 saturated heterocycles. The number of anilines is 1. The molecule has 5 heteroatoms. The zero-order valence-electron chi connectivity index (χ0n) is 16.4. The van der Waals surface area contributed by atoms with E-state index in [1.165, 1.54) is 0 Å². The summed E-state index contributed by atoms with van der Waals surface area (Å²) in [6.07, 6.45) is 0.947. The lowest BCUT2D eigenvalue weighted by atomic mass is 10.0. The van der Waals surface area contributed by atoms with Crippen LogP contribution in [-0.4, -0.2) is 31.2 Å². The first kappa shape index (κ1) is 19.7. The minimum absolute atomic E-state index is 0.0762. The van der Waals surface area contributed by atoms with Crippen LogP contribution in [0.15, 0.2) is 60.7 Å². The number of hydrogen-bond acceptors (Lipinski definition) is 3. The number of quaternary nitrogens is 1. The zero-order chi connectivity index (χ0) is 19.9. The van der Waals surface area contributed by atoms with E-state index >= 15 is 0 Å². The molecule has 0 fully saturated rings. The third-order valence-electron chi connectivity index (χ3n) is 4.84. The Morgan fingerprint density at radius 1 is 1.07 bits per heavy atom. The molecular formula is C23H27N2O3+. The second-order valence-corrected chi connectivity index (χ2v) is 6.89. The van der Waals surface area contributed by atoms with Gasteiger partial charge in [0.25, 0.3) is 5.91 Å². The molecule has 0 spiro atoms. The highest BCUT2D eigenvalue weighted by atomic mass is 16.5. The number of rotatable bonds is 8. The maximum Gasteiger partial charge on any atom is 0.279 e. The van der Waals surface area contributed by atoms with Gasteiger partial charge >= 0.3 is 0 Å². The van der Waals surface area contributed by atoms with Crippen LogP contribution in [0.4, 0.5) is 5.69 Å². The van der Waals surface area contributed by atoms with Crippen LogP contribution in [0.25, 0.3) is 10.8 Å². The molecule has 0 heterocycles. The number of amides is 1. The van der Waals surface area contributed by atoms with E-state index < -0.39 is 0 Å². The van der Waals surface area contributed by atoms with E-state index in [2.05, 4.69) is 12.2 Å². The molecule has 0 aromatic heterocycles. The zero-order valence-corrected chi connectivity index (χ0v) is 16.4. The monoisotopic (exact) mass is 379 g/mol. The fourth-order valence-corrected chi connectivity index (χ4v) is 3.52. The highest BCUT2D eigenvalue weighted by Gasteiger charge is 2.19. The Morgan fingerprint density at radius 3 is 2.61 bits per heavy atom. The number of carbonyl (C=O) groups excluding carboxylic acids is 1. The number of aromatic hydroxyl groups is 1. The van der Waals surface area contributed by atoms with Gasteiger partial charge in [0.05, 0.1) is 24.9 Å². The lowest BCUT2D eigenvalue weighted by molar-refractivity contribution is -0.905. The summed E-state index contributed by atoms with van der Waals surface area (Å²) in [5.74, 6) is 0.838. The highest BCUT2D eigenvalue weighted by molar-refractivity contribution is 5.93. The minimum Gasteiger partial charge on any atom is -0.507 e. The molecule has 146 valence electrons. The molecule has 3 N–H and O–H groups in total. The molecule has 5 nitrogen and oxygen atoms in total. The third-order valence-corrected chi connectivity index (χ3v) is 4.84. The Kier molecular flexibility index (Phi) is 6.50. The van der Waals surface area contributed by atoms with Crippen molar-refractivity contribution in [3.63, 3.8) is 0 Å². The smallest absolute Gasteiger partial charge is 0.279 e. The van der Waals surface area contributed by atoms with Gasteiger partial charge in [0.1, 0.15) is 18.0 Å². The van der Waals surface area contributed by atoms with Crippen LogP contribution in [0.1, 0.15) is 18.9 Å². The van der Waals surface area contributed by atoms with Crippen molar-refractivity contribution in [1.82, 2.24) is 0 Å². The van der Waals surface area contributed by atoms with Crippen molar-refractivity contribution in [1.29, 1.82) is 0 Å². The number of hydrogen-bond donors (Lipinski definition) is 3. The largest absolute Gasteiger partial charge is 0.507 e. The number of phenols is 1. The molecule has 0 aliphatic heterocycles. The van der Waals surface area contributed by atoms with Gasteiger partial charge in [-0.2, -0.15) is 0 Å². The van der Waals surface area contributed by atoms with Crippen molar-refractivity contribution in [3.8, 4) is 11.5 Å². The molecule has 1 unspecified atom stereocenters. The predicted octanol–water partition coefficient (Wildman–Crippen LogP) is 2.99. The van der Waals surface area contributed by atoms with E-state index in [9.17, 15) is 9.90 Å². The quantitative estimate of drug-likeness (QED) is 0.564. The summed E-state index contributed by atoms with van der Waals surface area (Å²) in [6, 6.07) is 19.0. The van der Waals surface area contributed by atoms with E-state index in [1.807, 2.05) is 54.6 Å². The summed E-state index contributed by atoms with van der Waals surface area (Å²) >= 11 is 0. The normalized spacial score (nSPS) is 11.9. The fraction of sp³-hybridized carbons (Fsp3) is 0.261. The van der Waals surface area contributed by atoms with Crippen LogP contribution in [0.5, 0.6) is 11.5 Å². The van der Waals surface area contributed by atoms with E-state index in [-0.39, 0.29) is 11.7 Å². The first-order chi connectivity index (χ1) is 13.6. The Bertz CT molecular complexity index is 955. The van der Waals surface area contributed by atoms with Gasteiger partial charge in [0.15, 0.2) is 6.54 Å². The number of benzene rings is 3. The van der Waals surface area contributed by atoms with Gasteiger partial charge in [-0.1, -0.05) is 49.4 Å². The molecule has 0 saturated carbocycles. The molecule has 0 bridgehead atoms. The second kappa shape index (κ2) is 9.24. The topological polar surface area (TPSA) is 63.0 Å². The first-order valence-corrected chi connectivity index (χ1v) is 9.58. The van der Waals surface area contributed by atoms with Crippen molar-refractivity contribution < 1.29 is 19.5 Å². The standard InChI is InChI=1S/C23H26N2O3/c1-3-14-25(16-23(27)24-20-10-6-7-11-22(20)28-2)15-19-18-9-5-4-8-17(18)12-13-21(19)26/h4-13,26H,3,14-16H2,1-2H3,(H,24,27)/p+1. The number of carbonyl (C=O) groups is 1. The Balaban J connectivity index is 1.77. The highest BCUT2D eigenvalue weighted by Crippen LogP contribution is 2.26. The summed E-state index contributed by atoms with van der Waals surface area (Å²) in [5, 5.41) is 15.5. The summed E-state index contributed by atoms with van der Waals surface area (Å²) in [6.45, 7) is 3.83. The van der Waals surface area contributed by atoms with Gasteiger partial charge in [0, 0.05) is 0 Å². The van der Waals surface area contributed by atoms with Crippen LogP contribution in [0.3, 0.4) is 0 Å². The van der Waals surface area contributed by atoms with Crippen LogP contribution >= 0.6 is 0 Å². The fourth-order valence-electron chi connectivity index (χ4n) is 3.52. The molecular weight excluding hydrogens is 352 g/mol. The number of methoxy groups -OCH3 is 1. The summed E-state index contributed by atoms with van der Waals surface area (Å²) in [7, 11) is 1.59. The molecule has 3 rings (SSSR count). The first-order valence-electron chi connectivity index (χ1n) is 9.58. The predicted molar refractivity (Wildman–Crippen MR) is 112 cm³/mol. The van der Waals surface area contributed by atoms with Crippen molar-refractivity contribution in [2.75, 3.05) is 25.5 Å². The summed E-state index contributed by atoms with van der Waals surface area (Å²) in [4.78, 5) is 13.8. The number of fused-ring (bicyclic) bond motifs is 1. The number of nitrogens with one attached hydrogen (secondary N) is 2. The van der Waals surface area contributed by atoms with Crippen LogP contribution < -0.4 is 15.0 Å². The molecule has 3 aromatic rings. The van der Waals surface area contributed by atoms with Gasteiger partial charge in [-0.15, -0.1) is 0 Å². The summed E-state index contributed by atoms with van der Waals surface area (Å²) < 4.78 is 5.30. The molecule has 0 aliphatic carbocycles. The van der Waals surface area contributed by atoms with Gasteiger partial charge in [0.2, 0.25) is 0 Å². The molecule has 1 atom stereocenters. The van der Waals surface area contributed by atoms with E-state index in [4.69, 9.17) is 4.74 Å². The van der Waals surface area contributed by atoms with E-state index in [1.54, 1.807) is 13.2 Å². The van der Waals surface area contributed by atoms with Crippen molar-refractivity contribution in [2.24, 2.45) is 0 Å². The van der Waals surface area contributed by atoms with Crippen molar-refractivity contribution in [3.05, 3.63) is 66.2 Å². The maximum atomic E-state index is 12.7. The number of ether oxygens (including phenoxy) is 1. The van der Waals surface area contributed by atoms with E-state index in [0.29, 0.717) is 24.5 Å². The number of phenolic OH excluding ortho intramolecular Hbond substituents is 1. The Hall–Kier alpha value is -3.05. The maximum absolute atomic E-state index is 12.7. The van der Waals surface area contributed by atoms with Gasteiger partial charge < -0.3 is 20.1 Å². The lowest BCUT2D eigenvalue weighted by Crippen LogP contribution is -3.11. The van der Waals surface area contributed by atoms with Gasteiger partial charge in [-0.3, -0.25) is 4.79 Å². The van der Waals surface area contributed by atoms with Crippen molar-refractivity contribution in [2.45, 2.75) is 19.9 Å². The Morgan fingerprint density at radius 2 is 1.82 bits per heavy atom. The molecule has 0 radical (unpaired) electrons. The Labute approximate surface area is 165 Å². The second-order valence-electron chi connectivity index (χ2n) is 6.89. The summed E-state index contributed by atoms with van der Waals surface area (Å²) in [5.41, 5.74) is 1.55. The van der Waals surface area contributed by atoms with Crippen LogP contribution in [-0.2, 0) is 11.3 Å². The SMILES string of the molecule is CCC[NH+](CC(=O)Nc1ccccc1OC)Cc1c(O)ccc2ccccc12. The molecule has 3 aromatic carbocycles. The van der Waals surface area contributed by atoms with Gasteiger partial charge in [-0.05, 0) is 35.4 Å². The minimum atomic E-state index is -0.0762. The van der Waals surface area contributed by atoms with Crippen molar-refractivity contribution >= 4 is 22.4 Å². The molecule has 0 aliphatic rings. The molecule has 28 heavy (non-hydrogen) atoms.